The second-order valence-electron chi connectivity index (χ2n) is 7.70. The molecule has 0 spiro atoms. The minimum atomic E-state index is 0.723. The topological polar surface area (TPSA) is 24.5 Å². The average Bonchev–Trinajstić information content (AvgIpc) is 3.47. The lowest BCUT2D eigenvalue weighted by atomic mass is 9.91. The molecule has 1 aliphatic carbocycles. The second kappa shape index (κ2) is 6.79. The summed E-state index contributed by atoms with van der Waals surface area (Å²) in [5.74, 6) is 1.82. The van der Waals surface area contributed by atoms with E-state index in [1.54, 1.807) is 11.1 Å². The van der Waals surface area contributed by atoms with E-state index in [1.807, 2.05) is 12.1 Å². The first-order valence-corrected chi connectivity index (χ1v) is 10.2. The van der Waals surface area contributed by atoms with Crippen molar-refractivity contribution in [3.63, 3.8) is 0 Å². The fraction of sp³-hybridized carbons (Fsp3) is 0.455. The summed E-state index contributed by atoms with van der Waals surface area (Å²) in [5, 5.41) is 4.37. The smallest absolute Gasteiger partial charge is 0.143 e. The van der Waals surface area contributed by atoms with Crippen molar-refractivity contribution in [2.24, 2.45) is 0 Å². The fourth-order valence-corrected chi connectivity index (χ4v) is 4.69. The molecule has 26 heavy (non-hydrogen) atoms. The number of nitrogens with one attached hydrogen (secondary N) is 1. The number of nitrogens with zero attached hydrogens (tertiary/aromatic N) is 1. The normalized spacial score (nSPS) is 19.3. The maximum absolute atomic E-state index is 6.22. The van der Waals surface area contributed by atoms with Crippen molar-refractivity contribution in [3.05, 3.63) is 57.6 Å². The third-order valence-electron chi connectivity index (χ3n) is 5.81. The number of rotatable bonds is 3. The van der Waals surface area contributed by atoms with E-state index >= 15 is 0 Å². The molecule has 2 heterocycles. The zero-order valence-corrected chi connectivity index (χ0v) is 15.8. The molecule has 0 unspecified atom stereocenters. The lowest BCUT2D eigenvalue weighted by Gasteiger charge is -2.35. The Kier molecular flexibility index (Phi) is 4.30. The lowest BCUT2D eigenvalue weighted by Crippen LogP contribution is -2.33. The summed E-state index contributed by atoms with van der Waals surface area (Å²) in [4.78, 5) is 2.52. The average molecular weight is 369 g/mol. The molecule has 0 bridgehead atoms. The maximum Gasteiger partial charge on any atom is 0.143 e. The SMILES string of the molecule is Clc1cccc(CN2CCOc3cc4c(c(C5CC5)c32)CCNCC4)c1. The molecule has 1 N–H and O–H groups in total. The fourth-order valence-electron chi connectivity index (χ4n) is 4.48. The van der Waals surface area contributed by atoms with Crippen LogP contribution in [-0.4, -0.2) is 26.2 Å². The Balaban J connectivity index is 1.59. The van der Waals surface area contributed by atoms with Gasteiger partial charge in [0.1, 0.15) is 12.4 Å². The van der Waals surface area contributed by atoms with Crippen LogP contribution in [0.25, 0.3) is 0 Å². The van der Waals surface area contributed by atoms with Crippen LogP contribution in [0.4, 0.5) is 5.69 Å². The predicted molar refractivity (Wildman–Crippen MR) is 107 cm³/mol. The summed E-state index contributed by atoms with van der Waals surface area (Å²) < 4.78 is 6.15. The van der Waals surface area contributed by atoms with Gasteiger partial charge in [0.15, 0.2) is 0 Å². The van der Waals surface area contributed by atoms with Crippen molar-refractivity contribution < 1.29 is 4.74 Å². The highest BCUT2D eigenvalue weighted by Crippen LogP contribution is 2.51. The van der Waals surface area contributed by atoms with Crippen LogP contribution in [0.1, 0.15) is 41.0 Å². The van der Waals surface area contributed by atoms with E-state index in [9.17, 15) is 0 Å². The lowest BCUT2D eigenvalue weighted by molar-refractivity contribution is 0.306. The van der Waals surface area contributed by atoms with Gasteiger partial charge in [-0.15, -0.1) is 0 Å². The standard InChI is InChI=1S/C22H25ClN2O/c23-18-3-1-2-15(12-18)14-25-10-11-26-20-13-17-6-8-24-9-7-19(17)21(22(20)25)16-4-5-16/h1-3,12-13,16,24H,4-11,14H2. The summed E-state index contributed by atoms with van der Waals surface area (Å²) >= 11 is 6.22. The van der Waals surface area contributed by atoms with Crippen LogP contribution in [0.15, 0.2) is 30.3 Å². The van der Waals surface area contributed by atoms with E-state index in [4.69, 9.17) is 16.3 Å². The Morgan fingerprint density at radius 3 is 2.88 bits per heavy atom. The number of halogens is 1. The number of benzene rings is 2. The molecular formula is C22H25ClN2O. The van der Waals surface area contributed by atoms with Crippen molar-refractivity contribution in [3.8, 4) is 5.75 Å². The quantitative estimate of drug-likeness (QED) is 0.873. The van der Waals surface area contributed by atoms with Crippen LogP contribution in [0.3, 0.4) is 0 Å². The van der Waals surface area contributed by atoms with Gasteiger partial charge in [0, 0.05) is 11.6 Å². The van der Waals surface area contributed by atoms with Crippen molar-refractivity contribution >= 4 is 17.3 Å². The van der Waals surface area contributed by atoms with Crippen LogP contribution in [-0.2, 0) is 19.4 Å². The van der Waals surface area contributed by atoms with Gasteiger partial charge in [-0.1, -0.05) is 23.7 Å². The molecule has 136 valence electrons. The van der Waals surface area contributed by atoms with E-state index in [-0.39, 0.29) is 0 Å². The zero-order valence-electron chi connectivity index (χ0n) is 15.1. The molecule has 0 saturated heterocycles. The number of ether oxygens (including phenoxy) is 1. The summed E-state index contributed by atoms with van der Waals surface area (Å²) in [7, 11) is 0. The van der Waals surface area contributed by atoms with Crippen LogP contribution in [0.2, 0.25) is 5.02 Å². The highest BCUT2D eigenvalue weighted by molar-refractivity contribution is 6.30. The molecule has 2 aromatic rings. The highest BCUT2D eigenvalue weighted by atomic mass is 35.5. The van der Waals surface area contributed by atoms with Gasteiger partial charge in [0.2, 0.25) is 0 Å². The molecule has 0 radical (unpaired) electrons. The van der Waals surface area contributed by atoms with E-state index in [0.29, 0.717) is 0 Å². The highest BCUT2D eigenvalue weighted by Gasteiger charge is 2.35. The van der Waals surface area contributed by atoms with Gasteiger partial charge in [0.25, 0.3) is 0 Å². The summed E-state index contributed by atoms with van der Waals surface area (Å²) in [6.07, 6.45) is 4.89. The van der Waals surface area contributed by atoms with Crippen molar-refractivity contribution in [1.82, 2.24) is 5.32 Å². The number of fused-ring (bicyclic) bond motifs is 2. The molecule has 0 atom stereocenters. The molecule has 4 heteroatoms. The van der Waals surface area contributed by atoms with Gasteiger partial charge in [-0.25, -0.2) is 0 Å². The first kappa shape index (κ1) is 16.5. The number of hydrogen-bond acceptors (Lipinski definition) is 3. The van der Waals surface area contributed by atoms with E-state index in [2.05, 4.69) is 28.4 Å². The number of hydrogen-bond donors (Lipinski definition) is 1. The monoisotopic (exact) mass is 368 g/mol. The van der Waals surface area contributed by atoms with E-state index in [1.165, 1.54) is 29.7 Å². The van der Waals surface area contributed by atoms with Gasteiger partial charge in [0.05, 0.1) is 12.2 Å². The molecule has 3 nitrogen and oxygen atoms in total. The van der Waals surface area contributed by atoms with Crippen LogP contribution in [0, 0.1) is 0 Å². The second-order valence-corrected chi connectivity index (χ2v) is 8.14. The van der Waals surface area contributed by atoms with Crippen molar-refractivity contribution in [2.45, 2.75) is 38.1 Å². The Morgan fingerprint density at radius 1 is 1.15 bits per heavy atom. The molecule has 1 fully saturated rings. The van der Waals surface area contributed by atoms with Crippen molar-refractivity contribution in [2.75, 3.05) is 31.1 Å². The van der Waals surface area contributed by atoms with Gasteiger partial charge in [-0.05, 0) is 85.1 Å². The third-order valence-corrected chi connectivity index (χ3v) is 6.05. The summed E-state index contributed by atoms with van der Waals surface area (Å²) in [6, 6.07) is 10.6. The van der Waals surface area contributed by atoms with Gasteiger partial charge in [-0.3, -0.25) is 0 Å². The first-order chi connectivity index (χ1) is 12.8. The van der Waals surface area contributed by atoms with E-state index in [0.717, 1.165) is 62.3 Å². The Labute approximate surface area is 160 Å². The Morgan fingerprint density at radius 2 is 2.04 bits per heavy atom. The minimum Gasteiger partial charge on any atom is -0.490 e. The molecule has 2 aliphatic heterocycles. The van der Waals surface area contributed by atoms with Crippen molar-refractivity contribution in [1.29, 1.82) is 0 Å². The Bertz CT molecular complexity index is 831. The molecule has 0 aromatic heterocycles. The zero-order chi connectivity index (χ0) is 17.5. The van der Waals surface area contributed by atoms with Crippen LogP contribution < -0.4 is 15.0 Å². The van der Waals surface area contributed by atoms with Crippen LogP contribution in [0.5, 0.6) is 5.75 Å². The largest absolute Gasteiger partial charge is 0.490 e. The first-order valence-electron chi connectivity index (χ1n) is 9.81. The molecule has 5 rings (SSSR count). The maximum atomic E-state index is 6.22. The molecule has 3 aliphatic rings. The molecule has 2 aromatic carbocycles. The van der Waals surface area contributed by atoms with Gasteiger partial charge < -0.3 is 15.0 Å². The summed E-state index contributed by atoms with van der Waals surface area (Å²) in [5.41, 5.74) is 7.31. The number of anilines is 1. The molecule has 1 saturated carbocycles. The van der Waals surface area contributed by atoms with E-state index < -0.39 is 0 Å². The summed E-state index contributed by atoms with van der Waals surface area (Å²) in [6.45, 7) is 4.75. The molecular weight excluding hydrogens is 344 g/mol. The van der Waals surface area contributed by atoms with Gasteiger partial charge in [-0.2, -0.15) is 0 Å². The predicted octanol–water partition coefficient (Wildman–Crippen LogP) is 4.30. The minimum absolute atomic E-state index is 0.723. The van der Waals surface area contributed by atoms with Gasteiger partial charge >= 0.3 is 0 Å². The molecule has 0 amide bonds. The Hall–Kier alpha value is -1.71. The van der Waals surface area contributed by atoms with Crippen LogP contribution >= 0.6 is 11.6 Å². The third kappa shape index (κ3) is 3.08.